The maximum absolute atomic E-state index is 5.42. The van der Waals surface area contributed by atoms with Gasteiger partial charge in [-0.05, 0) is 29.7 Å². The summed E-state index contributed by atoms with van der Waals surface area (Å²) in [5.41, 5.74) is 2.12. The number of ether oxygens (including phenoxy) is 3. The van der Waals surface area contributed by atoms with Crippen LogP contribution >= 0.6 is 11.8 Å². The van der Waals surface area contributed by atoms with Gasteiger partial charge in [0.1, 0.15) is 6.54 Å². The van der Waals surface area contributed by atoms with Gasteiger partial charge in [0.25, 0.3) is 0 Å². The Bertz CT molecular complexity index is 975. The summed E-state index contributed by atoms with van der Waals surface area (Å²) in [5, 5.41) is 1.08. The molecule has 0 unspecified atom stereocenters. The van der Waals surface area contributed by atoms with Crippen LogP contribution in [-0.4, -0.2) is 36.6 Å². The molecule has 31 heavy (non-hydrogen) atoms. The zero-order chi connectivity index (χ0) is 22.1. The fourth-order valence-electron chi connectivity index (χ4n) is 3.17. The third-order valence-corrected chi connectivity index (χ3v) is 6.04. The number of aromatic nitrogens is 3. The van der Waals surface area contributed by atoms with Gasteiger partial charge in [-0.1, -0.05) is 23.9 Å². The second-order valence-corrected chi connectivity index (χ2v) is 8.10. The summed E-state index contributed by atoms with van der Waals surface area (Å²) in [6, 6.07) is 8.11. The first-order valence-corrected chi connectivity index (χ1v) is 11.2. The van der Waals surface area contributed by atoms with E-state index >= 15 is 0 Å². The number of rotatable bonds is 11. The van der Waals surface area contributed by atoms with E-state index in [0.29, 0.717) is 17.2 Å². The molecule has 0 N–H and O–H groups in total. The number of imidazole rings is 1. The number of methoxy groups -OCH3 is 3. The van der Waals surface area contributed by atoms with E-state index in [4.69, 9.17) is 14.2 Å². The van der Waals surface area contributed by atoms with Crippen molar-refractivity contribution in [3.63, 3.8) is 0 Å². The maximum atomic E-state index is 5.42. The predicted octanol–water partition coefficient (Wildman–Crippen LogP) is 4.48. The lowest BCUT2D eigenvalue weighted by Crippen LogP contribution is -2.32. The first-order valence-electron chi connectivity index (χ1n) is 10.2. The van der Waals surface area contributed by atoms with E-state index in [9.17, 15) is 0 Å². The highest BCUT2D eigenvalue weighted by molar-refractivity contribution is 7.99. The summed E-state index contributed by atoms with van der Waals surface area (Å²) in [4.78, 5) is 4.34. The summed E-state index contributed by atoms with van der Waals surface area (Å²) < 4.78 is 20.5. The number of benzene rings is 1. The molecule has 7 heteroatoms. The van der Waals surface area contributed by atoms with Gasteiger partial charge < -0.3 is 18.8 Å². The van der Waals surface area contributed by atoms with E-state index < -0.39 is 0 Å². The number of unbranched alkanes of at least 4 members (excludes halogenated alkanes) is 1. The van der Waals surface area contributed by atoms with Crippen molar-refractivity contribution in [3.05, 3.63) is 60.2 Å². The van der Waals surface area contributed by atoms with Crippen LogP contribution in [0, 0.1) is 0 Å². The molecule has 0 radical (unpaired) electrons. The van der Waals surface area contributed by atoms with E-state index in [1.807, 2.05) is 49.4 Å². The number of hydrogen-bond donors (Lipinski definition) is 0. The van der Waals surface area contributed by atoms with Crippen molar-refractivity contribution in [2.75, 3.05) is 27.1 Å². The molecule has 0 amide bonds. The molecule has 0 fully saturated rings. The molecule has 0 atom stereocenters. The summed E-state index contributed by atoms with van der Waals surface area (Å²) in [6.07, 6.45) is 14.5. The van der Waals surface area contributed by atoms with E-state index in [1.54, 1.807) is 21.3 Å². The largest absolute Gasteiger partial charge is 0.493 e. The minimum absolute atomic E-state index is 0.598. The summed E-state index contributed by atoms with van der Waals surface area (Å²) >= 11 is 1.81. The Morgan fingerprint density at radius 2 is 1.65 bits per heavy atom. The van der Waals surface area contributed by atoms with Gasteiger partial charge in [0.05, 0.1) is 21.3 Å². The van der Waals surface area contributed by atoms with E-state index in [0.717, 1.165) is 41.4 Å². The standard InChI is InChI=1S/C24H30N3O3S/c1-26-15-11-25-24(26)31-16-6-5-12-27-13-9-19(10-14-27)7-8-20-17-21(28-2)23(30-4)22(18-20)29-3/h7-11,13-15,17-18H,5-6,12,16H2,1-4H3/q+1/b8-7+. The first-order chi connectivity index (χ1) is 15.1. The Labute approximate surface area is 188 Å². The van der Waals surface area contributed by atoms with E-state index in [1.165, 1.54) is 0 Å². The molecule has 0 aliphatic carbocycles. The number of aryl methyl sites for hydroxylation is 2. The van der Waals surface area contributed by atoms with Crippen LogP contribution in [0.5, 0.6) is 17.2 Å². The number of thioether (sulfide) groups is 1. The number of nitrogens with zero attached hydrogens (tertiary/aromatic N) is 3. The molecule has 0 aliphatic heterocycles. The fraction of sp³-hybridized carbons (Fsp3) is 0.333. The predicted molar refractivity (Wildman–Crippen MR) is 125 cm³/mol. The van der Waals surface area contributed by atoms with Crippen LogP contribution in [0.2, 0.25) is 0 Å². The Balaban J connectivity index is 1.52. The molecule has 2 aromatic heterocycles. The lowest BCUT2D eigenvalue weighted by Gasteiger charge is -2.12. The fourth-order valence-corrected chi connectivity index (χ4v) is 4.10. The molecule has 6 nitrogen and oxygen atoms in total. The Hall–Kier alpha value is -2.93. The second kappa shape index (κ2) is 11.5. The van der Waals surface area contributed by atoms with Gasteiger partial charge in [-0.25, -0.2) is 9.55 Å². The molecule has 0 spiro atoms. The normalized spacial score (nSPS) is 11.1. The lowest BCUT2D eigenvalue weighted by atomic mass is 10.1. The van der Waals surface area contributed by atoms with Gasteiger partial charge in [-0.15, -0.1) is 0 Å². The van der Waals surface area contributed by atoms with Crippen LogP contribution in [0.15, 0.2) is 54.2 Å². The summed E-state index contributed by atoms with van der Waals surface area (Å²) in [5.74, 6) is 2.98. The smallest absolute Gasteiger partial charge is 0.203 e. The van der Waals surface area contributed by atoms with Crippen molar-refractivity contribution in [1.82, 2.24) is 9.55 Å². The molecule has 1 aromatic carbocycles. The number of hydrogen-bond acceptors (Lipinski definition) is 5. The molecular weight excluding hydrogens is 410 g/mol. The molecule has 2 heterocycles. The van der Waals surface area contributed by atoms with Crippen molar-refractivity contribution >= 4 is 23.9 Å². The van der Waals surface area contributed by atoms with Crippen molar-refractivity contribution in [1.29, 1.82) is 0 Å². The molecule has 3 aromatic rings. The van der Waals surface area contributed by atoms with E-state index in [-0.39, 0.29) is 0 Å². The Morgan fingerprint density at radius 1 is 0.968 bits per heavy atom. The minimum atomic E-state index is 0.598. The average molecular weight is 441 g/mol. The van der Waals surface area contributed by atoms with Gasteiger partial charge in [0.15, 0.2) is 29.0 Å². The van der Waals surface area contributed by atoms with Crippen LogP contribution < -0.4 is 18.8 Å². The topological polar surface area (TPSA) is 49.4 Å². The quantitative estimate of drug-likeness (QED) is 0.250. The van der Waals surface area contributed by atoms with Crippen molar-refractivity contribution in [2.24, 2.45) is 7.05 Å². The van der Waals surface area contributed by atoms with Crippen LogP contribution in [0.3, 0.4) is 0 Å². The highest BCUT2D eigenvalue weighted by Gasteiger charge is 2.12. The highest BCUT2D eigenvalue weighted by atomic mass is 32.2. The lowest BCUT2D eigenvalue weighted by molar-refractivity contribution is -0.697. The molecule has 0 bridgehead atoms. The SMILES string of the molecule is COc1cc(/C=C/c2cc[n+](CCCCSc3nccn3C)cc2)cc(OC)c1OC. The Kier molecular flexibility index (Phi) is 8.41. The van der Waals surface area contributed by atoms with Gasteiger partial charge in [0.2, 0.25) is 5.75 Å². The van der Waals surface area contributed by atoms with Gasteiger partial charge >= 0.3 is 0 Å². The van der Waals surface area contributed by atoms with Gasteiger partial charge in [-0.3, -0.25) is 0 Å². The number of pyridine rings is 1. The molecule has 0 saturated heterocycles. The second-order valence-electron chi connectivity index (χ2n) is 7.04. The van der Waals surface area contributed by atoms with Crippen LogP contribution in [0.1, 0.15) is 24.0 Å². The highest BCUT2D eigenvalue weighted by Crippen LogP contribution is 2.38. The molecule has 0 saturated carbocycles. The van der Waals surface area contributed by atoms with Crippen molar-refractivity contribution in [3.8, 4) is 17.2 Å². The third-order valence-electron chi connectivity index (χ3n) is 4.89. The van der Waals surface area contributed by atoms with Crippen molar-refractivity contribution < 1.29 is 18.8 Å². The summed E-state index contributed by atoms with van der Waals surface area (Å²) in [6.45, 7) is 1.01. The Morgan fingerprint density at radius 3 is 2.23 bits per heavy atom. The van der Waals surface area contributed by atoms with Gasteiger partial charge in [0, 0.05) is 43.7 Å². The van der Waals surface area contributed by atoms with Crippen LogP contribution in [0.4, 0.5) is 0 Å². The zero-order valence-corrected chi connectivity index (χ0v) is 19.4. The van der Waals surface area contributed by atoms with Crippen molar-refractivity contribution in [2.45, 2.75) is 24.5 Å². The third kappa shape index (κ3) is 6.28. The molecular formula is C24H30N3O3S+. The molecule has 164 valence electrons. The average Bonchev–Trinajstić information content (AvgIpc) is 3.21. The minimum Gasteiger partial charge on any atom is -0.493 e. The monoisotopic (exact) mass is 440 g/mol. The summed E-state index contributed by atoms with van der Waals surface area (Å²) in [7, 11) is 6.88. The maximum Gasteiger partial charge on any atom is 0.203 e. The van der Waals surface area contributed by atoms with Gasteiger partial charge in [-0.2, -0.15) is 0 Å². The first kappa shape index (κ1) is 22.7. The zero-order valence-electron chi connectivity index (χ0n) is 18.6. The van der Waals surface area contributed by atoms with E-state index in [2.05, 4.69) is 44.7 Å². The van der Waals surface area contributed by atoms with Crippen LogP contribution in [0.25, 0.3) is 12.2 Å². The molecule has 3 rings (SSSR count). The van der Waals surface area contributed by atoms with Crippen LogP contribution in [-0.2, 0) is 13.6 Å². The molecule has 0 aliphatic rings.